The molecule has 0 aliphatic carbocycles. The van der Waals surface area contributed by atoms with Crippen molar-refractivity contribution < 1.29 is 25.2 Å². The summed E-state index contributed by atoms with van der Waals surface area (Å²) in [5.74, 6) is -0.595. The van der Waals surface area contributed by atoms with E-state index in [0.29, 0.717) is 0 Å². The summed E-state index contributed by atoms with van der Waals surface area (Å²) in [5, 5.41) is 38.2. The van der Waals surface area contributed by atoms with E-state index < -0.39 is 36.7 Å². The molecule has 2 aromatic rings. The van der Waals surface area contributed by atoms with Gasteiger partial charge in [-0.3, -0.25) is 4.79 Å². The number of para-hydroxylation sites is 1. The average molecular weight is 294 g/mol. The van der Waals surface area contributed by atoms with Gasteiger partial charge in [0.1, 0.15) is 18.3 Å². The van der Waals surface area contributed by atoms with Crippen LogP contribution in [-0.4, -0.2) is 62.2 Å². The first-order valence-electron chi connectivity index (χ1n) is 6.48. The molecule has 7 nitrogen and oxygen atoms in total. The van der Waals surface area contributed by atoms with E-state index in [1.165, 1.54) is 0 Å². The molecule has 7 heteroatoms. The molecule has 0 amide bonds. The summed E-state index contributed by atoms with van der Waals surface area (Å²) in [6.45, 7) is -0.745. The van der Waals surface area contributed by atoms with E-state index in [1.54, 1.807) is 12.1 Å². The van der Waals surface area contributed by atoms with Gasteiger partial charge in [-0.05, 0) is 12.1 Å². The maximum atomic E-state index is 12.2. The van der Waals surface area contributed by atoms with Gasteiger partial charge >= 0.3 is 0 Å². The molecule has 1 heterocycles. The lowest BCUT2D eigenvalue weighted by molar-refractivity contribution is -0.0798. The Labute approximate surface area is 120 Å². The lowest BCUT2D eigenvalue weighted by atomic mass is 9.97. The van der Waals surface area contributed by atoms with E-state index in [9.17, 15) is 20.1 Å². The largest absolute Gasteiger partial charge is 0.394 e. The minimum absolute atomic E-state index is 0.202. The molecule has 7 N–H and O–H groups in total. The van der Waals surface area contributed by atoms with Crippen molar-refractivity contribution in [3.05, 3.63) is 36.0 Å². The number of rotatable bonds is 6. The number of benzene rings is 1. The minimum atomic E-state index is -1.71. The van der Waals surface area contributed by atoms with Crippen LogP contribution in [0, 0.1) is 0 Å². The Kier molecular flexibility index (Phi) is 4.71. The van der Waals surface area contributed by atoms with Crippen molar-refractivity contribution in [1.82, 2.24) is 4.98 Å². The van der Waals surface area contributed by atoms with Crippen LogP contribution in [0.5, 0.6) is 0 Å². The number of ketones is 1. The van der Waals surface area contributed by atoms with Gasteiger partial charge in [-0.2, -0.15) is 0 Å². The van der Waals surface area contributed by atoms with Gasteiger partial charge in [0.05, 0.1) is 18.3 Å². The van der Waals surface area contributed by atoms with Gasteiger partial charge in [-0.1, -0.05) is 18.2 Å². The highest BCUT2D eigenvalue weighted by Crippen LogP contribution is 2.17. The van der Waals surface area contributed by atoms with E-state index in [-0.39, 0.29) is 5.69 Å². The third-order valence-corrected chi connectivity index (χ3v) is 3.40. The maximum Gasteiger partial charge on any atom is 0.198 e. The molecule has 0 fully saturated rings. The molecule has 0 aliphatic heterocycles. The topological polar surface area (TPSA) is 140 Å². The van der Waals surface area contributed by atoms with Crippen LogP contribution in [0.25, 0.3) is 10.9 Å². The SMILES string of the molecule is N[C@@H](C(=O)c1cc2ccccc2[nH]1)[C@@H](O)[C@@H](O)[C@H](O)CO. The molecule has 0 saturated heterocycles. The fourth-order valence-corrected chi connectivity index (χ4v) is 2.09. The summed E-state index contributed by atoms with van der Waals surface area (Å²) in [6.07, 6.45) is -4.97. The van der Waals surface area contributed by atoms with Crippen molar-refractivity contribution in [2.75, 3.05) is 6.61 Å². The first kappa shape index (κ1) is 15.6. The number of aliphatic hydroxyl groups is 4. The van der Waals surface area contributed by atoms with Crippen molar-refractivity contribution in [1.29, 1.82) is 0 Å². The third kappa shape index (κ3) is 3.12. The van der Waals surface area contributed by atoms with Crippen LogP contribution in [0.2, 0.25) is 0 Å². The van der Waals surface area contributed by atoms with Crippen molar-refractivity contribution in [2.24, 2.45) is 5.73 Å². The summed E-state index contributed by atoms with van der Waals surface area (Å²) in [4.78, 5) is 15.1. The molecule has 0 aliphatic rings. The fraction of sp³-hybridized carbons (Fsp3) is 0.357. The number of nitrogens with one attached hydrogen (secondary N) is 1. The number of aliphatic hydroxyl groups excluding tert-OH is 4. The Bertz CT molecular complexity index is 594. The molecular formula is C14H18N2O5. The van der Waals surface area contributed by atoms with Crippen LogP contribution < -0.4 is 5.73 Å². The zero-order valence-corrected chi connectivity index (χ0v) is 11.2. The first-order valence-corrected chi connectivity index (χ1v) is 6.48. The van der Waals surface area contributed by atoms with Gasteiger partial charge in [0.15, 0.2) is 5.78 Å². The monoisotopic (exact) mass is 294 g/mol. The van der Waals surface area contributed by atoms with E-state index >= 15 is 0 Å². The summed E-state index contributed by atoms with van der Waals surface area (Å²) in [5.41, 5.74) is 6.59. The number of aromatic nitrogens is 1. The lowest BCUT2D eigenvalue weighted by Crippen LogP contribution is -2.52. The number of hydrogen-bond acceptors (Lipinski definition) is 6. The van der Waals surface area contributed by atoms with E-state index in [4.69, 9.17) is 10.8 Å². The second-order valence-corrected chi connectivity index (χ2v) is 4.89. The van der Waals surface area contributed by atoms with E-state index in [1.807, 2.05) is 18.2 Å². The number of Topliss-reactive ketones (excluding diaryl/α,β-unsaturated/α-hetero) is 1. The lowest BCUT2D eigenvalue weighted by Gasteiger charge is -2.25. The smallest absolute Gasteiger partial charge is 0.198 e. The minimum Gasteiger partial charge on any atom is -0.394 e. The molecule has 0 spiro atoms. The molecule has 21 heavy (non-hydrogen) atoms. The summed E-state index contributed by atoms with van der Waals surface area (Å²) >= 11 is 0. The van der Waals surface area contributed by atoms with Crippen LogP contribution in [0.4, 0.5) is 0 Å². The zero-order chi connectivity index (χ0) is 15.6. The van der Waals surface area contributed by atoms with Crippen LogP contribution in [0.15, 0.2) is 30.3 Å². The molecule has 114 valence electrons. The number of carbonyl (C=O) groups excluding carboxylic acids is 1. The number of H-pyrrole nitrogens is 1. The molecule has 1 aromatic heterocycles. The number of aromatic amines is 1. The second-order valence-electron chi connectivity index (χ2n) is 4.89. The van der Waals surface area contributed by atoms with Crippen LogP contribution >= 0.6 is 0 Å². The van der Waals surface area contributed by atoms with Crippen molar-refractivity contribution in [3.63, 3.8) is 0 Å². The normalized spacial score (nSPS) is 17.4. The first-order chi connectivity index (χ1) is 9.95. The van der Waals surface area contributed by atoms with Crippen molar-refractivity contribution in [3.8, 4) is 0 Å². The summed E-state index contributed by atoms with van der Waals surface area (Å²) < 4.78 is 0. The molecular weight excluding hydrogens is 276 g/mol. The van der Waals surface area contributed by atoms with Gasteiger partial charge in [0.2, 0.25) is 0 Å². The quantitative estimate of drug-likeness (QED) is 0.368. The summed E-state index contributed by atoms with van der Waals surface area (Å²) in [7, 11) is 0. The average Bonchev–Trinajstić information content (AvgIpc) is 2.95. The number of nitrogens with two attached hydrogens (primary N) is 1. The molecule has 4 atom stereocenters. The van der Waals surface area contributed by atoms with Crippen molar-refractivity contribution in [2.45, 2.75) is 24.4 Å². The number of hydrogen-bond donors (Lipinski definition) is 6. The van der Waals surface area contributed by atoms with Crippen LogP contribution in [-0.2, 0) is 0 Å². The molecule has 0 unspecified atom stereocenters. The highest BCUT2D eigenvalue weighted by molar-refractivity contribution is 6.02. The zero-order valence-electron chi connectivity index (χ0n) is 11.2. The van der Waals surface area contributed by atoms with Crippen LogP contribution in [0.3, 0.4) is 0 Å². The van der Waals surface area contributed by atoms with Crippen molar-refractivity contribution >= 4 is 16.7 Å². The van der Waals surface area contributed by atoms with Gasteiger partial charge in [-0.25, -0.2) is 0 Å². The fourth-order valence-electron chi connectivity index (χ4n) is 2.09. The number of fused-ring (bicyclic) bond motifs is 1. The molecule has 0 bridgehead atoms. The Morgan fingerprint density at radius 1 is 1.19 bits per heavy atom. The molecule has 2 rings (SSSR count). The van der Waals surface area contributed by atoms with Crippen LogP contribution in [0.1, 0.15) is 10.5 Å². The Balaban J connectivity index is 2.18. The van der Waals surface area contributed by atoms with Gasteiger partial charge < -0.3 is 31.1 Å². The highest BCUT2D eigenvalue weighted by Gasteiger charge is 2.33. The Hall–Kier alpha value is -1.77. The van der Waals surface area contributed by atoms with Gasteiger partial charge in [0.25, 0.3) is 0 Å². The van der Waals surface area contributed by atoms with E-state index in [2.05, 4.69) is 4.98 Å². The standard InChI is InChI=1S/C14H18N2O5/c15-11(14(21)13(20)10(18)6-17)12(19)9-5-7-3-1-2-4-8(7)16-9/h1-5,10-11,13-14,16-18,20-21H,6,15H2/t10-,11+,13+,14-/m1/s1. The summed E-state index contributed by atoms with van der Waals surface area (Å²) in [6, 6.07) is 7.41. The Morgan fingerprint density at radius 2 is 1.86 bits per heavy atom. The van der Waals surface area contributed by atoms with Gasteiger partial charge in [-0.15, -0.1) is 0 Å². The highest BCUT2D eigenvalue weighted by atomic mass is 16.4. The number of carbonyl (C=O) groups is 1. The third-order valence-electron chi connectivity index (χ3n) is 3.40. The van der Waals surface area contributed by atoms with E-state index in [0.717, 1.165) is 10.9 Å². The van der Waals surface area contributed by atoms with Gasteiger partial charge in [0, 0.05) is 10.9 Å². The predicted molar refractivity (Wildman–Crippen MR) is 75.7 cm³/mol. The maximum absolute atomic E-state index is 12.2. The molecule has 0 saturated carbocycles. The Morgan fingerprint density at radius 3 is 2.48 bits per heavy atom. The second kappa shape index (κ2) is 6.33. The predicted octanol–water partition coefficient (Wildman–Crippen LogP) is -1.25. The molecule has 0 radical (unpaired) electrons. The molecule has 1 aromatic carbocycles.